The molecular formula is C40H60F2N5O9P. The minimum Gasteiger partial charge on any atom is -0.387 e. The molecule has 1 aliphatic rings. The van der Waals surface area contributed by atoms with Crippen molar-refractivity contribution in [2.45, 2.75) is 146 Å². The van der Waals surface area contributed by atoms with E-state index >= 15 is 0 Å². The van der Waals surface area contributed by atoms with E-state index in [1.54, 1.807) is 0 Å². The Hall–Kier alpha value is -3.10. The summed E-state index contributed by atoms with van der Waals surface area (Å²) in [5, 5.41) is 35.9. The molecule has 0 spiro atoms. The van der Waals surface area contributed by atoms with E-state index in [0.29, 0.717) is 12.1 Å². The molecule has 0 radical (unpaired) electrons. The predicted molar refractivity (Wildman–Crippen MR) is 209 cm³/mol. The number of phosphoric ester groups is 1. The topological polar surface area (TPSA) is 204 Å². The van der Waals surface area contributed by atoms with Crippen molar-refractivity contribution in [2.75, 3.05) is 32.2 Å². The molecule has 1 saturated heterocycles. The largest absolute Gasteiger partial charge is 0.472 e. The Balaban J connectivity index is 1.19. The van der Waals surface area contributed by atoms with Crippen molar-refractivity contribution in [3.8, 4) is 6.07 Å². The van der Waals surface area contributed by atoms with Crippen LogP contribution in [0.15, 0.2) is 36.7 Å². The highest BCUT2D eigenvalue weighted by molar-refractivity contribution is 7.47. The number of hydrogen-bond donors (Lipinski definition) is 4. The normalized spacial score (nSPS) is 21.2. The van der Waals surface area contributed by atoms with E-state index in [-0.39, 0.29) is 23.7 Å². The van der Waals surface area contributed by atoms with Crippen molar-refractivity contribution in [2.24, 2.45) is 0 Å². The summed E-state index contributed by atoms with van der Waals surface area (Å²) in [4.78, 5) is 14.4. The van der Waals surface area contributed by atoms with Crippen LogP contribution in [0.2, 0.25) is 0 Å². The van der Waals surface area contributed by atoms with Gasteiger partial charge in [0.25, 0.3) is 0 Å². The molecule has 1 fully saturated rings. The average molecular weight is 824 g/mol. The molecule has 0 amide bonds. The fraction of sp³-hybridized carbons (Fsp3) is 0.675. The molecule has 5 N–H and O–H groups in total. The predicted octanol–water partition coefficient (Wildman–Crippen LogP) is 7.43. The zero-order valence-corrected chi connectivity index (χ0v) is 33.9. The number of anilines is 1. The number of nitrogen functional groups attached to an aromatic ring is 1. The lowest BCUT2D eigenvalue weighted by atomic mass is 9.92. The molecule has 1 unspecified atom stereocenters. The second kappa shape index (κ2) is 24.1. The fourth-order valence-corrected chi connectivity index (χ4v) is 7.68. The number of benzene rings is 1. The molecule has 4 rings (SSSR count). The summed E-state index contributed by atoms with van der Waals surface area (Å²) in [6.45, 7) is 0.711. The van der Waals surface area contributed by atoms with Gasteiger partial charge in [-0.3, -0.25) is 9.05 Å². The summed E-state index contributed by atoms with van der Waals surface area (Å²) in [5.41, 5.74) is 3.79. The number of rotatable bonds is 29. The Kier molecular flexibility index (Phi) is 19.7. The minimum absolute atomic E-state index is 0.0393. The van der Waals surface area contributed by atoms with Crippen LogP contribution in [0.4, 0.5) is 14.6 Å². The number of hydrogen-bond acceptors (Lipinski definition) is 12. The number of nitrogens with two attached hydrogens (primary N) is 1. The molecule has 17 heteroatoms. The van der Waals surface area contributed by atoms with Gasteiger partial charge in [-0.2, -0.15) is 10.4 Å². The molecule has 1 aromatic carbocycles. The van der Waals surface area contributed by atoms with Crippen LogP contribution < -0.4 is 5.73 Å². The lowest BCUT2D eigenvalue weighted by Gasteiger charge is -2.24. The first-order valence-electron chi connectivity index (χ1n) is 20.3. The Morgan fingerprint density at radius 1 is 0.930 bits per heavy atom. The van der Waals surface area contributed by atoms with Gasteiger partial charge in [-0.25, -0.2) is 22.8 Å². The van der Waals surface area contributed by atoms with Crippen molar-refractivity contribution >= 4 is 19.2 Å². The van der Waals surface area contributed by atoms with Crippen LogP contribution in [0.1, 0.15) is 121 Å². The maximum atomic E-state index is 14.3. The molecule has 3 heterocycles. The number of nitriles is 1. The van der Waals surface area contributed by atoms with Crippen molar-refractivity contribution < 1.29 is 51.7 Å². The van der Waals surface area contributed by atoms with E-state index in [0.717, 1.165) is 44.1 Å². The molecule has 318 valence electrons. The Labute approximate surface area is 334 Å². The molecule has 0 bridgehead atoms. The Bertz CT molecular complexity index is 1710. The molecule has 3 aromatic rings. The second-order valence-electron chi connectivity index (χ2n) is 14.7. The van der Waals surface area contributed by atoms with Gasteiger partial charge in [0.1, 0.15) is 54.0 Å². The third-order valence-corrected chi connectivity index (χ3v) is 11.2. The van der Waals surface area contributed by atoms with E-state index in [4.69, 9.17) is 29.0 Å². The third kappa shape index (κ3) is 14.0. The molecule has 0 aliphatic carbocycles. The average Bonchev–Trinajstić information content (AvgIpc) is 3.74. The highest BCUT2D eigenvalue weighted by Crippen LogP contribution is 2.46. The van der Waals surface area contributed by atoms with Gasteiger partial charge in [-0.1, -0.05) is 109 Å². The monoisotopic (exact) mass is 823 g/mol. The number of phosphoric acid groups is 1. The number of aliphatic hydroxyl groups excluding tert-OH is 2. The van der Waals surface area contributed by atoms with Crippen molar-refractivity contribution in [3.63, 3.8) is 0 Å². The first-order valence-corrected chi connectivity index (χ1v) is 21.8. The SMILES string of the molecule is CCCCCCCCCCCCCCCCCCOC[C@H](COP(=O)(O)OC[C@H]1O[C@@](C#N)(c2ccc3c(N)ncnn23)[C@H](O)[C@@H]1O)OCc1c(F)cccc1F. The van der Waals surface area contributed by atoms with Gasteiger partial charge >= 0.3 is 7.82 Å². The molecule has 1 aliphatic heterocycles. The van der Waals surface area contributed by atoms with E-state index < -0.39 is 69.3 Å². The number of ether oxygens (including phenoxy) is 3. The van der Waals surface area contributed by atoms with Gasteiger partial charge in [0.2, 0.25) is 5.60 Å². The van der Waals surface area contributed by atoms with Crippen LogP contribution in [0.5, 0.6) is 0 Å². The Morgan fingerprint density at radius 3 is 2.12 bits per heavy atom. The van der Waals surface area contributed by atoms with E-state index in [2.05, 4.69) is 17.0 Å². The molecule has 0 saturated carbocycles. The summed E-state index contributed by atoms with van der Waals surface area (Å²) < 4.78 is 70.3. The first-order chi connectivity index (χ1) is 27.5. The summed E-state index contributed by atoms with van der Waals surface area (Å²) in [6.07, 6.45) is 15.0. The van der Waals surface area contributed by atoms with Crippen molar-refractivity contribution in [1.82, 2.24) is 14.6 Å². The number of nitrogens with zero attached hydrogens (tertiary/aromatic N) is 4. The number of unbranched alkanes of at least 4 members (excludes halogenated alkanes) is 15. The van der Waals surface area contributed by atoms with Crippen LogP contribution >= 0.6 is 7.82 Å². The van der Waals surface area contributed by atoms with Crippen LogP contribution in [-0.2, 0) is 40.0 Å². The quantitative estimate of drug-likeness (QED) is 0.0398. The third-order valence-electron chi connectivity index (χ3n) is 10.3. The summed E-state index contributed by atoms with van der Waals surface area (Å²) in [5.74, 6) is -1.52. The molecular weight excluding hydrogens is 763 g/mol. The van der Waals surface area contributed by atoms with E-state index in [1.165, 1.54) is 99.8 Å². The minimum atomic E-state index is -4.88. The number of fused-ring (bicyclic) bond motifs is 1. The number of aliphatic hydroxyl groups is 2. The molecule has 2 aromatic heterocycles. The molecule has 6 atom stereocenters. The first kappa shape index (κ1) is 46.6. The molecule has 57 heavy (non-hydrogen) atoms. The van der Waals surface area contributed by atoms with Crippen LogP contribution in [0.3, 0.4) is 0 Å². The van der Waals surface area contributed by atoms with Gasteiger partial charge in [0, 0.05) is 12.2 Å². The number of halogens is 2. The van der Waals surface area contributed by atoms with E-state index in [9.17, 15) is 33.7 Å². The summed E-state index contributed by atoms with van der Waals surface area (Å²) in [7, 11) is -4.88. The van der Waals surface area contributed by atoms with Gasteiger partial charge in [0.05, 0.1) is 32.1 Å². The summed E-state index contributed by atoms with van der Waals surface area (Å²) in [6, 6.07) is 8.23. The van der Waals surface area contributed by atoms with Crippen molar-refractivity contribution in [1.29, 1.82) is 5.26 Å². The van der Waals surface area contributed by atoms with E-state index in [1.807, 2.05) is 6.07 Å². The van der Waals surface area contributed by atoms with Crippen LogP contribution in [0, 0.1) is 23.0 Å². The number of aromatic nitrogens is 3. The standard InChI is InChI=1S/C40H60F2N5O9P/c1-2-3-4-5-6-7-8-9-10-11-12-13-14-15-16-17-23-52-24-30(53-26-31-32(41)19-18-20-33(31)42)25-54-57(50,51)55-27-35-37(48)38(49)40(28-43,56-35)36-22-21-34-39(44)45-29-46-47(34)36/h18-22,29-30,35,37-38,48-49H,2-17,23-27H2,1H3,(H,50,51)(H2,44,45,46)/t30-,35-,37-,38-,40+/m1/s1. The van der Waals surface area contributed by atoms with Crippen LogP contribution in [-0.4, -0.2) is 80.5 Å². The molecule has 14 nitrogen and oxygen atoms in total. The maximum absolute atomic E-state index is 14.3. The highest BCUT2D eigenvalue weighted by atomic mass is 31.2. The van der Waals surface area contributed by atoms with Crippen LogP contribution in [0.25, 0.3) is 5.52 Å². The second-order valence-corrected chi connectivity index (χ2v) is 16.1. The smallest absolute Gasteiger partial charge is 0.387 e. The van der Waals surface area contributed by atoms with Gasteiger partial charge in [-0.05, 0) is 30.7 Å². The zero-order valence-electron chi connectivity index (χ0n) is 33.0. The highest BCUT2D eigenvalue weighted by Gasteiger charge is 2.58. The van der Waals surface area contributed by atoms with Gasteiger partial charge in [0.15, 0.2) is 5.82 Å². The lowest BCUT2D eigenvalue weighted by Crippen LogP contribution is -2.41. The summed E-state index contributed by atoms with van der Waals surface area (Å²) >= 11 is 0. The van der Waals surface area contributed by atoms with Gasteiger partial charge in [-0.15, -0.1) is 0 Å². The Morgan fingerprint density at radius 2 is 1.53 bits per heavy atom. The fourth-order valence-electron chi connectivity index (χ4n) is 6.92. The van der Waals surface area contributed by atoms with Crippen molar-refractivity contribution in [3.05, 3.63) is 59.6 Å². The lowest BCUT2D eigenvalue weighted by molar-refractivity contribution is -0.0693. The van der Waals surface area contributed by atoms with Gasteiger partial charge < -0.3 is 35.1 Å². The maximum Gasteiger partial charge on any atom is 0.472 e. The zero-order chi connectivity index (χ0) is 41.1.